The quantitative estimate of drug-likeness (QED) is 0.905. The lowest BCUT2D eigenvalue weighted by molar-refractivity contribution is 0.177. The van der Waals surface area contributed by atoms with Gasteiger partial charge in [0, 0.05) is 13.6 Å². The number of hydrogen-bond donors (Lipinski definition) is 1. The van der Waals surface area contributed by atoms with E-state index in [1.54, 1.807) is 4.90 Å². The van der Waals surface area contributed by atoms with Crippen molar-refractivity contribution in [2.24, 2.45) is 11.1 Å². The summed E-state index contributed by atoms with van der Waals surface area (Å²) in [5.74, 6) is 1.72. The molecule has 0 spiro atoms. The molecule has 0 saturated carbocycles. The van der Waals surface area contributed by atoms with Crippen LogP contribution in [0.15, 0.2) is 16.5 Å². The number of likely N-dealkylation sites (N-methyl/N-ethyl adjacent to an activating group) is 1. The number of rotatable bonds is 4. The summed E-state index contributed by atoms with van der Waals surface area (Å²) in [6, 6.07) is 3.91. The lowest BCUT2D eigenvalue weighted by Crippen LogP contribution is -2.40. The maximum Gasteiger partial charge on any atom is 0.320 e. The van der Waals surface area contributed by atoms with Gasteiger partial charge >= 0.3 is 6.03 Å². The van der Waals surface area contributed by atoms with Gasteiger partial charge in [-0.25, -0.2) is 4.79 Å². The third kappa shape index (κ3) is 2.76. The minimum Gasteiger partial charge on any atom is -0.464 e. The average Bonchev–Trinajstić information content (AvgIpc) is 2.88. The number of urea groups is 1. The number of aryl methyl sites for hydroxylation is 1. The molecule has 1 aliphatic rings. The molecule has 0 radical (unpaired) electrons. The fourth-order valence-corrected chi connectivity index (χ4v) is 2.39. The maximum atomic E-state index is 12.3. The Balaban J connectivity index is 2.13. The van der Waals surface area contributed by atoms with Gasteiger partial charge < -0.3 is 20.0 Å². The maximum absolute atomic E-state index is 12.3. The van der Waals surface area contributed by atoms with Gasteiger partial charge in [-0.1, -0.05) is 13.8 Å². The Labute approximate surface area is 114 Å². The van der Waals surface area contributed by atoms with E-state index >= 15 is 0 Å². The summed E-state index contributed by atoms with van der Waals surface area (Å²) < 4.78 is 5.65. The molecule has 1 saturated heterocycles. The largest absolute Gasteiger partial charge is 0.464 e. The highest BCUT2D eigenvalue weighted by Crippen LogP contribution is 2.31. The van der Waals surface area contributed by atoms with E-state index in [0.29, 0.717) is 19.6 Å². The lowest BCUT2D eigenvalue weighted by Gasteiger charge is -2.28. The first-order valence-electron chi connectivity index (χ1n) is 6.62. The normalized spacial score (nSPS) is 20.5. The molecule has 2 rings (SSSR count). The van der Waals surface area contributed by atoms with Crippen molar-refractivity contribution in [3.8, 4) is 0 Å². The first kappa shape index (κ1) is 13.9. The molecule has 1 aliphatic heterocycles. The van der Waals surface area contributed by atoms with Gasteiger partial charge in [-0.2, -0.15) is 0 Å². The van der Waals surface area contributed by atoms with Gasteiger partial charge in [-0.05, 0) is 31.0 Å². The Morgan fingerprint density at radius 2 is 2.16 bits per heavy atom. The first-order chi connectivity index (χ1) is 8.84. The van der Waals surface area contributed by atoms with Crippen molar-refractivity contribution in [2.45, 2.75) is 26.8 Å². The number of nitrogens with two attached hydrogens (primary N) is 1. The molecule has 1 aromatic rings. The molecule has 1 fully saturated rings. The molecule has 19 heavy (non-hydrogen) atoms. The van der Waals surface area contributed by atoms with Gasteiger partial charge in [0.15, 0.2) is 0 Å². The predicted molar refractivity (Wildman–Crippen MR) is 73.8 cm³/mol. The molecule has 5 heteroatoms. The Bertz CT molecular complexity index is 467. The van der Waals surface area contributed by atoms with Crippen molar-refractivity contribution in [3.63, 3.8) is 0 Å². The number of amides is 2. The van der Waals surface area contributed by atoms with Crippen molar-refractivity contribution < 1.29 is 9.21 Å². The second-order valence-electron chi connectivity index (χ2n) is 6.11. The standard InChI is InChI=1S/C14H23N3O2/c1-10-5-6-12(19-10)11-7-17(13(18)16(11)4)9-14(2,3)8-15/h5-6,11H,7-9,15H2,1-4H3. The Morgan fingerprint density at radius 3 is 2.68 bits per heavy atom. The Morgan fingerprint density at radius 1 is 1.47 bits per heavy atom. The van der Waals surface area contributed by atoms with Crippen LogP contribution < -0.4 is 5.73 Å². The molecule has 5 nitrogen and oxygen atoms in total. The molecule has 0 aliphatic carbocycles. The highest BCUT2D eigenvalue weighted by Gasteiger charge is 2.39. The molecule has 2 N–H and O–H groups in total. The van der Waals surface area contributed by atoms with Crippen molar-refractivity contribution in [3.05, 3.63) is 23.7 Å². The molecular formula is C14H23N3O2. The molecule has 1 aromatic heterocycles. The fourth-order valence-electron chi connectivity index (χ4n) is 2.39. The van der Waals surface area contributed by atoms with Crippen molar-refractivity contribution in [1.82, 2.24) is 9.80 Å². The summed E-state index contributed by atoms with van der Waals surface area (Å²) in [6.45, 7) is 7.95. The van der Waals surface area contributed by atoms with E-state index in [-0.39, 0.29) is 17.5 Å². The summed E-state index contributed by atoms with van der Waals surface area (Å²) in [6.07, 6.45) is 0. The minimum atomic E-state index is -0.0650. The van der Waals surface area contributed by atoms with Crippen LogP contribution in [0, 0.1) is 12.3 Å². The Hall–Kier alpha value is -1.49. The third-order valence-electron chi connectivity index (χ3n) is 3.69. The summed E-state index contributed by atoms with van der Waals surface area (Å²) in [4.78, 5) is 15.9. The molecule has 2 heterocycles. The van der Waals surface area contributed by atoms with Crippen LogP contribution in [0.2, 0.25) is 0 Å². The number of carbonyl (C=O) groups is 1. The fraction of sp³-hybridized carbons (Fsp3) is 0.643. The lowest BCUT2D eigenvalue weighted by atomic mass is 9.93. The Kier molecular flexibility index (Phi) is 3.58. The number of hydrogen-bond acceptors (Lipinski definition) is 3. The van der Waals surface area contributed by atoms with Crippen LogP contribution in [-0.2, 0) is 0 Å². The third-order valence-corrected chi connectivity index (χ3v) is 3.69. The summed E-state index contributed by atoms with van der Waals surface area (Å²) in [5, 5.41) is 0. The molecule has 2 amide bonds. The van der Waals surface area contributed by atoms with Gasteiger partial charge in [-0.15, -0.1) is 0 Å². The van der Waals surface area contributed by atoms with E-state index in [1.807, 2.05) is 31.0 Å². The first-order valence-corrected chi connectivity index (χ1v) is 6.62. The zero-order valence-corrected chi connectivity index (χ0v) is 12.1. The van der Waals surface area contributed by atoms with Crippen molar-refractivity contribution in [1.29, 1.82) is 0 Å². The molecule has 1 atom stereocenters. The van der Waals surface area contributed by atoms with E-state index in [0.717, 1.165) is 11.5 Å². The molecule has 1 unspecified atom stereocenters. The predicted octanol–water partition coefficient (Wildman–Crippen LogP) is 1.98. The molecule has 0 bridgehead atoms. The monoisotopic (exact) mass is 265 g/mol. The minimum absolute atomic E-state index is 0.00484. The zero-order valence-electron chi connectivity index (χ0n) is 12.1. The van der Waals surface area contributed by atoms with E-state index in [2.05, 4.69) is 13.8 Å². The van der Waals surface area contributed by atoms with E-state index in [9.17, 15) is 4.79 Å². The van der Waals surface area contributed by atoms with E-state index in [1.165, 1.54) is 0 Å². The van der Waals surface area contributed by atoms with Crippen molar-refractivity contribution >= 4 is 6.03 Å². The summed E-state index contributed by atoms with van der Waals surface area (Å²) in [7, 11) is 1.82. The van der Waals surface area contributed by atoms with Crippen LogP contribution in [-0.4, -0.2) is 42.5 Å². The summed E-state index contributed by atoms with van der Waals surface area (Å²) >= 11 is 0. The van der Waals surface area contributed by atoms with Gasteiger partial charge in [0.05, 0.1) is 6.54 Å². The smallest absolute Gasteiger partial charge is 0.320 e. The van der Waals surface area contributed by atoms with Crippen LogP contribution in [0.4, 0.5) is 4.79 Å². The van der Waals surface area contributed by atoms with Crippen LogP contribution in [0.3, 0.4) is 0 Å². The van der Waals surface area contributed by atoms with Crippen LogP contribution in [0.25, 0.3) is 0 Å². The van der Waals surface area contributed by atoms with Gasteiger partial charge in [-0.3, -0.25) is 0 Å². The second-order valence-corrected chi connectivity index (χ2v) is 6.11. The SMILES string of the molecule is Cc1ccc(C2CN(CC(C)(C)CN)C(=O)N2C)o1. The second kappa shape index (κ2) is 4.89. The van der Waals surface area contributed by atoms with Gasteiger partial charge in [0.25, 0.3) is 0 Å². The highest BCUT2D eigenvalue weighted by atomic mass is 16.3. The summed E-state index contributed by atoms with van der Waals surface area (Å²) in [5.41, 5.74) is 5.68. The average molecular weight is 265 g/mol. The van der Waals surface area contributed by atoms with E-state index < -0.39 is 0 Å². The van der Waals surface area contributed by atoms with Crippen molar-refractivity contribution in [2.75, 3.05) is 26.7 Å². The topological polar surface area (TPSA) is 62.7 Å². The number of carbonyl (C=O) groups excluding carboxylic acids is 1. The zero-order chi connectivity index (χ0) is 14.2. The molecule has 0 aromatic carbocycles. The van der Waals surface area contributed by atoms with Gasteiger partial charge in [0.2, 0.25) is 0 Å². The highest BCUT2D eigenvalue weighted by molar-refractivity contribution is 5.77. The van der Waals surface area contributed by atoms with E-state index in [4.69, 9.17) is 10.2 Å². The molecular weight excluding hydrogens is 242 g/mol. The van der Waals surface area contributed by atoms with Gasteiger partial charge in [0.1, 0.15) is 17.6 Å². The van der Waals surface area contributed by atoms with Crippen LogP contribution >= 0.6 is 0 Å². The molecule has 106 valence electrons. The number of furan rings is 1. The number of nitrogens with zero attached hydrogens (tertiary/aromatic N) is 2. The van der Waals surface area contributed by atoms with Crippen LogP contribution in [0.1, 0.15) is 31.4 Å². The van der Waals surface area contributed by atoms with Crippen LogP contribution in [0.5, 0.6) is 0 Å².